The van der Waals surface area contributed by atoms with Crippen molar-refractivity contribution in [2.24, 2.45) is 0 Å². The van der Waals surface area contributed by atoms with Gasteiger partial charge in [0.05, 0.1) is 5.60 Å². The predicted molar refractivity (Wildman–Crippen MR) is 129 cm³/mol. The lowest BCUT2D eigenvalue weighted by Gasteiger charge is -2.41. The minimum atomic E-state index is -0.691. The first-order valence-electron chi connectivity index (χ1n) is 11.7. The van der Waals surface area contributed by atoms with Gasteiger partial charge in [0, 0.05) is 28.3 Å². The molecule has 3 aliphatic rings. The number of fused-ring (bicyclic) bond motifs is 6. The zero-order valence-corrected chi connectivity index (χ0v) is 19.0. The molecule has 0 radical (unpaired) electrons. The first-order chi connectivity index (χ1) is 15.9. The van der Waals surface area contributed by atoms with E-state index in [0.717, 1.165) is 41.9 Å². The van der Waals surface area contributed by atoms with Gasteiger partial charge in [0.25, 0.3) is 0 Å². The molecule has 4 heteroatoms. The highest BCUT2D eigenvalue weighted by molar-refractivity contribution is 5.96. The van der Waals surface area contributed by atoms with Gasteiger partial charge in [-0.15, -0.1) is 0 Å². The molecule has 33 heavy (non-hydrogen) atoms. The van der Waals surface area contributed by atoms with E-state index >= 15 is 0 Å². The molecule has 6 rings (SSSR count). The number of rotatable bonds is 4. The molecule has 3 aliphatic carbocycles. The van der Waals surface area contributed by atoms with Crippen LogP contribution in [0.5, 0.6) is 17.2 Å². The minimum absolute atomic E-state index is 0.184. The van der Waals surface area contributed by atoms with Crippen molar-refractivity contribution in [1.29, 1.82) is 0 Å². The van der Waals surface area contributed by atoms with Crippen LogP contribution >= 0.6 is 0 Å². The lowest BCUT2D eigenvalue weighted by atomic mass is 9.84. The average Bonchev–Trinajstić information content (AvgIpc) is 3.36. The van der Waals surface area contributed by atoms with Crippen LogP contribution in [0.25, 0.3) is 10.8 Å². The highest BCUT2D eigenvalue weighted by Gasteiger charge is 2.57. The van der Waals surface area contributed by atoms with Crippen molar-refractivity contribution >= 4 is 10.8 Å². The van der Waals surface area contributed by atoms with E-state index in [2.05, 4.69) is 19.9 Å². The average molecular weight is 441 g/mol. The van der Waals surface area contributed by atoms with E-state index in [0.29, 0.717) is 17.2 Å². The fraction of sp³-hybridized carbons (Fsp3) is 0.310. The van der Waals surface area contributed by atoms with Gasteiger partial charge in [0.1, 0.15) is 28.6 Å². The summed E-state index contributed by atoms with van der Waals surface area (Å²) in [5, 5.41) is 23.9. The van der Waals surface area contributed by atoms with Crippen molar-refractivity contribution in [3.05, 3.63) is 89.2 Å². The van der Waals surface area contributed by atoms with Gasteiger partial charge in [-0.1, -0.05) is 54.1 Å². The Hall–Kier alpha value is -3.24. The summed E-state index contributed by atoms with van der Waals surface area (Å²) in [6, 6.07) is 15.5. The number of hydrogen-bond donors (Lipinski definition) is 2. The summed E-state index contributed by atoms with van der Waals surface area (Å²) in [6.45, 7) is 4.12. The molecule has 3 aromatic rings. The molecule has 0 aliphatic heterocycles. The molecule has 0 heterocycles. The van der Waals surface area contributed by atoms with E-state index in [1.165, 1.54) is 5.56 Å². The summed E-state index contributed by atoms with van der Waals surface area (Å²) in [5.74, 6) is 2.24. The topological polar surface area (TPSA) is 58.9 Å². The number of aromatic hydroxyl groups is 2. The molecular formula is C29H28O4. The van der Waals surface area contributed by atoms with Crippen LogP contribution in [0.2, 0.25) is 0 Å². The Morgan fingerprint density at radius 3 is 2.45 bits per heavy atom. The van der Waals surface area contributed by atoms with Crippen molar-refractivity contribution in [2.45, 2.75) is 56.7 Å². The molecule has 3 unspecified atom stereocenters. The second-order valence-corrected chi connectivity index (χ2v) is 9.88. The second kappa shape index (κ2) is 7.13. The van der Waals surface area contributed by atoms with Gasteiger partial charge < -0.3 is 19.7 Å². The first kappa shape index (κ1) is 20.4. The predicted octanol–water partition coefficient (Wildman–Crippen LogP) is 6.73. The van der Waals surface area contributed by atoms with Crippen LogP contribution in [0.15, 0.2) is 72.5 Å². The summed E-state index contributed by atoms with van der Waals surface area (Å²) >= 11 is 0. The maximum Gasteiger partial charge on any atom is 0.136 e. The molecule has 1 fully saturated rings. The first-order valence-corrected chi connectivity index (χ1v) is 11.7. The van der Waals surface area contributed by atoms with Crippen molar-refractivity contribution < 1.29 is 19.7 Å². The number of hydrogen-bond acceptors (Lipinski definition) is 4. The van der Waals surface area contributed by atoms with Crippen LogP contribution in [-0.4, -0.2) is 15.8 Å². The molecule has 4 nitrogen and oxygen atoms in total. The van der Waals surface area contributed by atoms with Gasteiger partial charge in [0.15, 0.2) is 0 Å². The number of allylic oxidation sites excluding steroid dienone is 2. The van der Waals surface area contributed by atoms with Crippen LogP contribution in [-0.2, 0) is 10.3 Å². The molecule has 3 atom stereocenters. The van der Waals surface area contributed by atoms with E-state index in [1.807, 2.05) is 60.7 Å². The summed E-state index contributed by atoms with van der Waals surface area (Å²) in [5.41, 5.74) is 1.46. The molecular weight excluding hydrogens is 412 g/mol. The van der Waals surface area contributed by atoms with Crippen molar-refractivity contribution in [3.63, 3.8) is 0 Å². The molecule has 2 bridgehead atoms. The maximum atomic E-state index is 11.4. The number of ether oxygens (including phenoxy) is 2. The third-order valence-corrected chi connectivity index (χ3v) is 7.62. The Morgan fingerprint density at radius 2 is 1.70 bits per heavy atom. The number of phenolic OH excluding ortho intramolecular Hbond substituents is 2. The van der Waals surface area contributed by atoms with Gasteiger partial charge >= 0.3 is 0 Å². The van der Waals surface area contributed by atoms with Crippen LogP contribution in [0.4, 0.5) is 0 Å². The monoisotopic (exact) mass is 440 g/mol. The zero-order valence-electron chi connectivity index (χ0n) is 19.0. The molecule has 3 aromatic carbocycles. The Kier molecular flexibility index (Phi) is 4.40. The third-order valence-electron chi connectivity index (χ3n) is 7.62. The number of benzene rings is 3. The van der Waals surface area contributed by atoms with Crippen LogP contribution in [0.1, 0.15) is 55.2 Å². The Morgan fingerprint density at radius 1 is 0.970 bits per heavy atom. The molecule has 168 valence electrons. The van der Waals surface area contributed by atoms with Gasteiger partial charge in [-0.25, -0.2) is 0 Å². The SMILES string of the molecule is Cc1ccc(OC2=CC=CCC2(C)OC23CCC(C2)c2c3c(O)c3ccccc3c2O)cc1. The Balaban J connectivity index is 1.42. The summed E-state index contributed by atoms with van der Waals surface area (Å²) in [4.78, 5) is 0. The van der Waals surface area contributed by atoms with E-state index in [9.17, 15) is 10.2 Å². The van der Waals surface area contributed by atoms with E-state index < -0.39 is 11.2 Å². The van der Waals surface area contributed by atoms with Crippen molar-refractivity contribution in [2.75, 3.05) is 0 Å². The lowest BCUT2D eigenvalue weighted by molar-refractivity contribution is -0.143. The Labute approximate surface area is 193 Å². The number of aryl methyl sites for hydroxylation is 1. The van der Waals surface area contributed by atoms with Crippen LogP contribution < -0.4 is 4.74 Å². The van der Waals surface area contributed by atoms with Gasteiger partial charge in [-0.3, -0.25) is 0 Å². The Bertz CT molecular complexity index is 1320. The fourth-order valence-corrected chi connectivity index (χ4v) is 6.03. The molecule has 1 saturated carbocycles. The summed E-state index contributed by atoms with van der Waals surface area (Å²) in [7, 11) is 0. The van der Waals surface area contributed by atoms with Crippen molar-refractivity contribution in [1.82, 2.24) is 0 Å². The van der Waals surface area contributed by atoms with Gasteiger partial charge in [0.2, 0.25) is 0 Å². The summed E-state index contributed by atoms with van der Waals surface area (Å²) < 4.78 is 13.3. The van der Waals surface area contributed by atoms with Crippen LogP contribution in [0, 0.1) is 6.92 Å². The smallest absolute Gasteiger partial charge is 0.136 e. The third kappa shape index (κ3) is 3.01. The van der Waals surface area contributed by atoms with Crippen molar-refractivity contribution in [3.8, 4) is 17.2 Å². The van der Waals surface area contributed by atoms with Crippen LogP contribution in [0.3, 0.4) is 0 Å². The number of phenols is 2. The molecule has 0 aromatic heterocycles. The summed E-state index contributed by atoms with van der Waals surface area (Å²) in [6.07, 6.45) is 9.25. The molecule has 2 N–H and O–H groups in total. The highest BCUT2D eigenvalue weighted by Crippen LogP contribution is 2.65. The maximum absolute atomic E-state index is 11.4. The van der Waals surface area contributed by atoms with E-state index in [4.69, 9.17) is 9.47 Å². The molecule has 0 amide bonds. The standard InChI is InChI=1S/C29H28O4/c1-18-10-12-20(13-11-18)32-23-9-5-6-15-28(23,2)33-29-16-14-19(17-29)24-25(29)27(31)22-8-4-3-7-21(22)26(24)30/h3-13,19,30-31H,14-17H2,1-2H3. The lowest BCUT2D eigenvalue weighted by Crippen LogP contribution is -2.42. The highest BCUT2D eigenvalue weighted by atomic mass is 16.6. The second-order valence-electron chi connectivity index (χ2n) is 9.88. The minimum Gasteiger partial charge on any atom is -0.507 e. The van der Waals surface area contributed by atoms with E-state index in [-0.39, 0.29) is 17.4 Å². The fourth-order valence-electron chi connectivity index (χ4n) is 6.03. The largest absolute Gasteiger partial charge is 0.507 e. The quantitative estimate of drug-likeness (QED) is 0.442. The molecule has 0 saturated heterocycles. The zero-order chi connectivity index (χ0) is 22.8. The van der Waals surface area contributed by atoms with Gasteiger partial charge in [-0.2, -0.15) is 0 Å². The molecule has 0 spiro atoms. The normalized spacial score (nSPS) is 27.6. The van der Waals surface area contributed by atoms with E-state index in [1.54, 1.807) is 0 Å². The van der Waals surface area contributed by atoms with Gasteiger partial charge in [-0.05, 0) is 57.2 Å².